The van der Waals surface area contributed by atoms with Gasteiger partial charge in [-0.15, -0.1) is 0 Å². The summed E-state index contributed by atoms with van der Waals surface area (Å²) in [6.07, 6.45) is 12.8. The van der Waals surface area contributed by atoms with Gasteiger partial charge in [-0.05, 0) is 24.1 Å². The Kier molecular flexibility index (Phi) is 4.12. The predicted octanol–water partition coefficient (Wildman–Crippen LogP) is 4.16. The maximum atomic E-state index is 6.01. The van der Waals surface area contributed by atoms with Gasteiger partial charge in [0.05, 0.1) is 0 Å². The van der Waals surface area contributed by atoms with Gasteiger partial charge >= 0.3 is 0 Å². The molecule has 0 spiro atoms. The highest BCUT2D eigenvalue weighted by molar-refractivity contribution is 5.89. The van der Waals surface area contributed by atoms with Crippen molar-refractivity contribution < 1.29 is 0 Å². The lowest BCUT2D eigenvalue weighted by molar-refractivity contribution is 0.401. The highest BCUT2D eigenvalue weighted by Crippen LogP contribution is 2.31. The van der Waals surface area contributed by atoms with Crippen LogP contribution in [0.3, 0.4) is 0 Å². The van der Waals surface area contributed by atoms with Gasteiger partial charge in [0.2, 0.25) is 0 Å². The molecule has 104 valence electrons. The van der Waals surface area contributed by atoms with Crippen LogP contribution in [0.2, 0.25) is 0 Å². The Morgan fingerprint density at radius 1 is 1.15 bits per heavy atom. The van der Waals surface area contributed by atoms with Gasteiger partial charge in [0.1, 0.15) is 0 Å². The lowest BCUT2D eigenvalue weighted by atomic mass is 9.83. The fraction of sp³-hybridized carbons (Fsp3) is 0.389. The standard InChI is InChI=1S/C18H22N2/c19-11-16(14-6-2-1-3-7-14)10-17-13-20-12-15-8-4-5-9-18(15)17/h4-5,8-10,12-14H,1-3,6-7,11,19H2/b16-10-. The molecule has 0 bridgehead atoms. The van der Waals surface area contributed by atoms with Crippen molar-refractivity contribution in [1.29, 1.82) is 0 Å². The number of hydrogen-bond donors (Lipinski definition) is 1. The molecule has 0 amide bonds. The molecule has 1 heterocycles. The number of nitrogens with zero attached hydrogens (tertiary/aromatic N) is 1. The molecule has 0 radical (unpaired) electrons. The molecule has 2 heteroatoms. The fourth-order valence-electron chi connectivity index (χ4n) is 3.27. The number of hydrogen-bond acceptors (Lipinski definition) is 2. The van der Waals surface area contributed by atoms with Crippen molar-refractivity contribution in [3.05, 3.63) is 47.8 Å². The van der Waals surface area contributed by atoms with Crippen LogP contribution in [0.25, 0.3) is 16.8 Å². The van der Waals surface area contributed by atoms with Gasteiger partial charge in [0.15, 0.2) is 0 Å². The summed E-state index contributed by atoms with van der Waals surface area (Å²) in [5.41, 5.74) is 8.60. The molecule has 2 N–H and O–H groups in total. The summed E-state index contributed by atoms with van der Waals surface area (Å²) in [4.78, 5) is 4.36. The molecule has 0 aliphatic heterocycles. The van der Waals surface area contributed by atoms with E-state index in [-0.39, 0.29) is 0 Å². The van der Waals surface area contributed by atoms with Crippen molar-refractivity contribution >= 4 is 16.8 Å². The van der Waals surface area contributed by atoms with E-state index in [0.29, 0.717) is 12.5 Å². The van der Waals surface area contributed by atoms with E-state index >= 15 is 0 Å². The molecule has 3 rings (SSSR count). The molecule has 2 nitrogen and oxygen atoms in total. The second-order valence-corrected chi connectivity index (χ2v) is 5.71. The van der Waals surface area contributed by atoms with Crippen LogP contribution in [0, 0.1) is 5.92 Å². The number of nitrogens with two attached hydrogens (primary N) is 1. The van der Waals surface area contributed by atoms with Gasteiger partial charge in [-0.1, -0.05) is 55.2 Å². The Labute approximate surface area is 120 Å². The van der Waals surface area contributed by atoms with Crippen LogP contribution in [0.1, 0.15) is 37.7 Å². The zero-order valence-corrected chi connectivity index (χ0v) is 11.9. The summed E-state index contributed by atoms with van der Waals surface area (Å²) in [6, 6.07) is 8.42. The second-order valence-electron chi connectivity index (χ2n) is 5.71. The minimum atomic E-state index is 0.661. The molecule has 1 aliphatic rings. The van der Waals surface area contributed by atoms with E-state index in [2.05, 4.69) is 35.3 Å². The third kappa shape index (κ3) is 2.75. The summed E-state index contributed by atoms with van der Waals surface area (Å²) in [5, 5.41) is 2.46. The molecule has 1 aliphatic carbocycles. The monoisotopic (exact) mass is 266 g/mol. The molecule has 20 heavy (non-hydrogen) atoms. The van der Waals surface area contributed by atoms with Gasteiger partial charge in [-0.25, -0.2) is 0 Å². The lowest BCUT2D eigenvalue weighted by Crippen LogP contribution is -2.16. The van der Waals surface area contributed by atoms with E-state index in [1.807, 2.05) is 12.4 Å². The quantitative estimate of drug-likeness (QED) is 0.906. The summed E-state index contributed by atoms with van der Waals surface area (Å²) < 4.78 is 0. The van der Waals surface area contributed by atoms with Gasteiger partial charge in [0, 0.05) is 29.9 Å². The van der Waals surface area contributed by atoms with Crippen molar-refractivity contribution in [3.63, 3.8) is 0 Å². The summed E-state index contributed by atoms with van der Waals surface area (Å²) in [7, 11) is 0. The molecule has 1 aromatic heterocycles. The zero-order valence-electron chi connectivity index (χ0n) is 11.9. The van der Waals surface area contributed by atoms with Crippen molar-refractivity contribution in [3.8, 4) is 0 Å². The van der Waals surface area contributed by atoms with E-state index in [0.717, 1.165) is 0 Å². The normalized spacial score (nSPS) is 17.6. The van der Waals surface area contributed by atoms with Crippen LogP contribution >= 0.6 is 0 Å². The Bertz CT molecular complexity index is 604. The van der Waals surface area contributed by atoms with E-state index in [1.54, 1.807) is 0 Å². The van der Waals surface area contributed by atoms with Crippen molar-refractivity contribution in [2.75, 3.05) is 6.54 Å². The number of fused-ring (bicyclic) bond motifs is 1. The summed E-state index contributed by atoms with van der Waals surface area (Å²) in [6.45, 7) is 0.661. The maximum absolute atomic E-state index is 6.01. The fourth-order valence-corrected chi connectivity index (χ4v) is 3.27. The van der Waals surface area contributed by atoms with Crippen molar-refractivity contribution in [1.82, 2.24) is 4.98 Å². The largest absolute Gasteiger partial charge is 0.327 e. The minimum Gasteiger partial charge on any atom is -0.327 e. The van der Waals surface area contributed by atoms with Crippen LogP contribution in [-0.2, 0) is 0 Å². The highest BCUT2D eigenvalue weighted by atomic mass is 14.6. The van der Waals surface area contributed by atoms with Crippen LogP contribution < -0.4 is 5.73 Å². The minimum absolute atomic E-state index is 0.661. The smallest absolute Gasteiger partial charge is 0.0346 e. The van der Waals surface area contributed by atoms with Gasteiger partial charge in [-0.3, -0.25) is 4.98 Å². The molecule has 0 unspecified atom stereocenters. The maximum Gasteiger partial charge on any atom is 0.0346 e. The molecular formula is C18H22N2. The first kappa shape index (κ1) is 13.3. The third-order valence-corrected chi connectivity index (χ3v) is 4.41. The van der Waals surface area contributed by atoms with Gasteiger partial charge in [-0.2, -0.15) is 0 Å². The number of pyridine rings is 1. The van der Waals surface area contributed by atoms with Crippen molar-refractivity contribution in [2.24, 2.45) is 11.7 Å². The van der Waals surface area contributed by atoms with Crippen LogP contribution in [0.15, 0.2) is 42.2 Å². The number of benzene rings is 1. The summed E-state index contributed by atoms with van der Waals surface area (Å²) in [5.74, 6) is 0.674. The summed E-state index contributed by atoms with van der Waals surface area (Å²) >= 11 is 0. The first-order chi connectivity index (χ1) is 9.88. The topological polar surface area (TPSA) is 38.9 Å². The first-order valence-electron chi connectivity index (χ1n) is 7.62. The first-order valence-corrected chi connectivity index (χ1v) is 7.62. The number of rotatable bonds is 3. The molecule has 0 atom stereocenters. The Balaban J connectivity index is 1.98. The Hall–Kier alpha value is -1.67. The van der Waals surface area contributed by atoms with Gasteiger partial charge < -0.3 is 5.73 Å². The molecule has 1 aromatic carbocycles. The highest BCUT2D eigenvalue weighted by Gasteiger charge is 2.17. The zero-order chi connectivity index (χ0) is 13.8. The Morgan fingerprint density at radius 3 is 2.75 bits per heavy atom. The molecule has 2 aromatic rings. The van der Waals surface area contributed by atoms with Crippen LogP contribution in [-0.4, -0.2) is 11.5 Å². The molecular weight excluding hydrogens is 244 g/mol. The van der Waals surface area contributed by atoms with Gasteiger partial charge in [0.25, 0.3) is 0 Å². The van der Waals surface area contributed by atoms with E-state index in [9.17, 15) is 0 Å². The SMILES string of the molecule is NC/C(=C/c1cncc2ccccc12)C1CCCCC1. The van der Waals surface area contributed by atoms with E-state index < -0.39 is 0 Å². The third-order valence-electron chi connectivity index (χ3n) is 4.41. The lowest BCUT2D eigenvalue weighted by Gasteiger charge is -2.24. The van der Waals surface area contributed by atoms with E-state index in [4.69, 9.17) is 5.73 Å². The molecule has 0 saturated heterocycles. The predicted molar refractivity (Wildman–Crippen MR) is 85.3 cm³/mol. The Morgan fingerprint density at radius 2 is 1.95 bits per heavy atom. The second kappa shape index (κ2) is 6.19. The average molecular weight is 266 g/mol. The van der Waals surface area contributed by atoms with Crippen LogP contribution in [0.5, 0.6) is 0 Å². The molecule has 1 saturated carbocycles. The van der Waals surface area contributed by atoms with E-state index in [1.165, 1.54) is 54.0 Å². The average Bonchev–Trinajstić information content (AvgIpc) is 2.53. The molecule has 1 fully saturated rings. The van der Waals surface area contributed by atoms with Crippen molar-refractivity contribution in [2.45, 2.75) is 32.1 Å². The number of aromatic nitrogens is 1. The van der Waals surface area contributed by atoms with Crippen LogP contribution in [0.4, 0.5) is 0 Å².